The van der Waals surface area contributed by atoms with Gasteiger partial charge in [-0.15, -0.1) is 0 Å². The summed E-state index contributed by atoms with van der Waals surface area (Å²) in [6.07, 6.45) is 7.48. The smallest absolute Gasteiger partial charge is 0.233 e. The number of benzene rings is 1. The summed E-state index contributed by atoms with van der Waals surface area (Å²) in [5, 5.41) is 0.902. The fourth-order valence-electron chi connectivity index (χ4n) is 2.11. The Labute approximate surface area is 125 Å². The summed E-state index contributed by atoms with van der Waals surface area (Å²) in [4.78, 5) is 17.7. The largest absolute Gasteiger partial charge is 0.291 e. The van der Waals surface area contributed by atoms with Gasteiger partial charge in [0, 0.05) is 24.3 Å². The third-order valence-corrected chi connectivity index (χ3v) is 4.01. The molecule has 5 nitrogen and oxygen atoms in total. The molecule has 0 saturated heterocycles. The Morgan fingerprint density at radius 2 is 1.90 bits per heavy atom. The number of thioether (sulfide) groups is 1. The lowest BCUT2D eigenvalue weighted by atomic mass is 10.3. The highest BCUT2D eigenvalue weighted by Gasteiger charge is 2.05. The van der Waals surface area contributed by atoms with Crippen molar-refractivity contribution in [3.63, 3.8) is 0 Å². The molecule has 0 radical (unpaired) electrons. The monoisotopic (exact) mass is 293 g/mol. The number of hydrogen-bond acceptors (Lipinski definition) is 5. The van der Waals surface area contributed by atoms with Gasteiger partial charge < -0.3 is 0 Å². The van der Waals surface area contributed by atoms with Gasteiger partial charge in [0.05, 0.1) is 22.9 Å². The topological polar surface area (TPSA) is 56.0 Å². The summed E-state index contributed by atoms with van der Waals surface area (Å²) < 4.78 is 1.92. The molecule has 0 fully saturated rings. The molecule has 0 amide bonds. The van der Waals surface area contributed by atoms with Gasteiger partial charge in [-0.1, -0.05) is 23.9 Å². The Morgan fingerprint density at radius 3 is 2.81 bits per heavy atom. The molecule has 0 saturated carbocycles. The Hall–Kier alpha value is -2.47. The maximum absolute atomic E-state index is 4.59. The molecule has 0 aliphatic carbocycles. The highest BCUT2D eigenvalue weighted by molar-refractivity contribution is 7.98. The Bertz CT molecular complexity index is 885. The van der Waals surface area contributed by atoms with Crippen LogP contribution < -0.4 is 0 Å². The van der Waals surface area contributed by atoms with Crippen molar-refractivity contribution in [3.05, 3.63) is 60.8 Å². The summed E-state index contributed by atoms with van der Waals surface area (Å²) in [5.74, 6) is 1.47. The Balaban J connectivity index is 1.57. The third kappa shape index (κ3) is 2.45. The number of aromatic nitrogens is 5. The summed E-state index contributed by atoms with van der Waals surface area (Å²) in [6.45, 7) is 0. The van der Waals surface area contributed by atoms with Gasteiger partial charge in [-0.05, 0) is 18.2 Å². The molecule has 21 heavy (non-hydrogen) atoms. The zero-order valence-electron chi connectivity index (χ0n) is 11.0. The van der Waals surface area contributed by atoms with Gasteiger partial charge in [0.15, 0.2) is 0 Å². The minimum absolute atomic E-state index is 0.720. The van der Waals surface area contributed by atoms with Crippen molar-refractivity contribution in [2.75, 3.05) is 0 Å². The average molecular weight is 293 g/mol. The first-order valence-corrected chi connectivity index (χ1v) is 7.50. The summed E-state index contributed by atoms with van der Waals surface area (Å²) in [5.41, 5.74) is 2.81. The first kappa shape index (κ1) is 12.3. The SMILES string of the molecule is c1ccc2nc(SCc3cn4cccnc4n3)cnc2c1. The standard InChI is InChI=1S/C15H11N5S/c1-2-5-13-12(4-1)17-8-14(19-13)21-10-11-9-20-7-3-6-16-15(20)18-11/h1-9H,10H2. The van der Waals surface area contributed by atoms with Crippen molar-refractivity contribution < 1.29 is 0 Å². The van der Waals surface area contributed by atoms with E-state index in [9.17, 15) is 0 Å². The van der Waals surface area contributed by atoms with E-state index in [1.807, 2.05) is 47.1 Å². The molecule has 102 valence electrons. The molecule has 4 rings (SSSR count). The minimum atomic E-state index is 0.720. The van der Waals surface area contributed by atoms with Crippen molar-refractivity contribution in [2.24, 2.45) is 0 Å². The first-order chi connectivity index (χ1) is 10.4. The zero-order valence-corrected chi connectivity index (χ0v) is 11.9. The van der Waals surface area contributed by atoms with Crippen LogP contribution in [-0.2, 0) is 5.75 Å². The second-order valence-corrected chi connectivity index (χ2v) is 5.54. The molecule has 0 aliphatic rings. The van der Waals surface area contributed by atoms with Crippen LogP contribution in [-0.4, -0.2) is 24.3 Å². The Kier molecular flexibility index (Phi) is 3.01. The number of para-hydroxylation sites is 2. The van der Waals surface area contributed by atoms with E-state index in [0.29, 0.717) is 0 Å². The van der Waals surface area contributed by atoms with Crippen molar-refractivity contribution in [1.82, 2.24) is 24.3 Å². The molecule has 0 bridgehead atoms. The Morgan fingerprint density at radius 1 is 1.00 bits per heavy atom. The summed E-state index contributed by atoms with van der Waals surface area (Å²) in [7, 11) is 0. The van der Waals surface area contributed by atoms with Gasteiger partial charge in [-0.2, -0.15) is 0 Å². The van der Waals surface area contributed by atoms with Crippen LogP contribution in [0.3, 0.4) is 0 Å². The molecule has 0 spiro atoms. The van der Waals surface area contributed by atoms with Crippen LogP contribution in [0.4, 0.5) is 0 Å². The van der Waals surface area contributed by atoms with Crippen LogP contribution in [0.1, 0.15) is 5.69 Å². The summed E-state index contributed by atoms with van der Waals surface area (Å²) >= 11 is 1.63. The normalized spacial score (nSPS) is 11.2. The fraction of sp³-hybridized carbons (Fsp3) is 0.0667. The van der Waals surface area contributed by atoms with Crippen LogP contribution in [0.5, 0.6) is 0 Å². The van der Waals surface area contributed by atoms with Crippen molar-refractivity contribution in [1.29, 1.82) is 0 Å². The molecule has 0 N–H and O–H groups in total. The second-order valence-electron chi connectivity index (χ2n) is 4.54. The van der Waals surface area contributed by atoms with Crippen LogP contribution in [0.25, 0.3) is 16.8 Å². The van der Waals surface area contributed by atoms with E-state index in [1.54, 1.807) is 24.2 Å². The number of nitrogens with zero attached hydrogens (tertiary/aromatic N) is 5. The van der Waals surface area contributed by atoms with E-state index in [4.69, 9.17) is 0 Å². The maximum atomic E-state index is 4.59. The van der Waals surface area contributed by atoms with Crippen molar-refractivity contribution >= 4 is 28.6 Å². The van der Waals surface area contributed by atoms with Crippen molar-refractivity contribution in [2.45, 2.75) is 10.8 Å². The number of rotatable bonds is 3. The lowest BCUT2D eigenvalue weighted by Gasteiger charge is -2.00. The number of hydrogen-bond donors (Lipinski definition) is 0. The van der Waals surface area contributed by atoms with E-state index < -0.39 is 0 Å². The molecule has 0 aliphatic heterocycles. The van der Waals surface area contributed by atoms with Gasteiger partial charge in [0.25, 0.3) is 0 Å². The fourth-order valence-corrected chi connectivity index (χ4v) is 2.83. The predicted octanol–water partition coefficient (Wildman–Crippen LogP) is 2.96. The van der Waals surface area contributed by atoms with E-state index in [1.165, 1.54) is 0 Å². The number of imidazole rings is 1. The quantitative estimate of drug-likeness (QED) is 0.544. The first-order valence-electron chi connectivity index (χ1n) is 6.52. The maximum Gasteiger partial charge on any atom is 0.233 e. The molecule has 1 aromatic carbocycles. The van der Waals surface area contributed by atoms with E-state index in [2.05, 4.69) is 19.9 Å². The second kappa shape index (κ2) is 5.14. The molecule has 3 heterocycles. The summed E-state index contributed by atoms with van der Waals surface area (Å²) in [6, 6.07) is 9.76. The highest BCUT2D eigenvalue weighted by Crippen LogP contribution is 2.21. The predicted molar refractivity (Wildman–Crippen MR) is 82.1 cm³/mol. The van der Waals surface area contributed by atoms with E-state index >= 15 is 0 Å². The third-order valence-electron chi connectivity index (χ3n) is 3.08. The molecule has 0 atom stereocenters. The van der Waals surface area contributed by atoms with Gasteiger partial charge in [-0.25, -0.2) is 15.0 Å². The molecule has 3 aromatic heterocycles. The van der Waals surface area contributed by atoms with E-state index in [-0.39, 0.29) is 0 Å². The molecule has 6 heteroatoms. The van der Waals surface area contributed by atoms with Crippen LogP contribution >= 0.6 is 11.8 Å². The highest BCUT2D eigenvalue weighted by atomic mass is 32.2. The van der Waals surface area contributed by atoms with Gasteiger partial charge in [-0.3, -0.25) is 9.38 Å². The molecular formula is C15H11N5S. The van der Waals surface area contributed by atoms with E-state index in [0.717, 1.165) is 33.3 Å². The molecule has 4 aromatic rings. The lowest BCUT2D eigenvalue weighted by molar-refractivity contribution is 1.11. The van der Waals surface area contributed by atoms with Gasteiger partial charge in [0.2, 0.25) is 5.78 Å². The van der Waals surface area contributed by atoms with Crippen LogP contribution in [0, 0.1) is 0 Å². The number of fused-ring (bicyclic) bond motifs is 2. The minimum Gasteiger partial charge on any atom is -0.291 e. The molecule has 0 unspecified atom stereocenters. The zero-order chi connectivity index (χ0) is 14.1. The van der Waals surface area contributed by atoms with Gasteiger partial charge >= 0.3 is 0 Å². The van der Waals surface area contributed by atoms with Crippen LogP contribution in [0.2, 0.25) is 0 Å². The van der Waals surface area contributed by atoms with Gasteiger partial charge in [0.1, 0.15) is 5.03 Å². The van der Waals surface area contributed by atoms with Crippen LogP contribution in [0.15, 0.2) is 60.1 Å². The lowest BCUT2D eigenvalue weighted by Crippen LogP contribution is -1.87. The van der Waals surface area contributed by atoms with Crippen molar-refractivity contribution in [3.8, 4) is 0 Å². The average Bonchev–Trinajstić information content (AvgIpc) is 2.95. The molecular weight excluding hydrogens is 282 g/mol.